The summed E-state index contributed by atoms with van der Waals surface area (Å²) in [6.45, 7) is 7.18. The zero-order valence-corrected chi connectivity index (χ0v) is 13.0. The Morgan fingerprint density at radius 3 is 2.95 bits per heavy atom. The van der Waals surface area contributed by atoms with Gasteiger partial charge in [0, 0.05) is 43.2 Å². The summed E-state index contributed by atoms with van der Waals surface area (Å²) in [6, 6.07) is 0.322. The zero-order valence-electron chi connectivity index (χ0n) is 12.2. The molecule has 0 bridgehead atoms. The van der Waals surface area contributed by atoms with E-state index in [-0.39, 0.29) is 10.8 Å². The van der Waals surface area contributed by atoms with Crippen molar-refractivity contribution in [2.75, 3.05) is 19.6 Å². The quantitative estimate of drug-likeness (QED) is 0.858. The molecule has 20 heavy (non-hydrogen) atoms. The van der Waals surface area contributed by atoms with Crippen molar-refractivity contribution >= 4 is 17.2 Å². The van der Waals surface area contributed by atoms with Crippen LogP contribution in [0.3, 0.4) is 0 Å². The minimum atomic E-state index is 0.0277. The highest BCUT2D eigenvalue weighted by Gasteiger charge is 2.25. The van der Waals surface area contributed by atoms with Gasteiger partial charge in [-0.05, 0) is 26.3 Å². The van der Waals surface area contributed by atoms with Crippen molar-refractivity contribution in [3.8, 4) is 0 Å². The maximum Gasteiger partial charge on any atom is 0.307 e. The fraction of sp³-hybridized carbons (Fsp3) is 0.714. The SMILES string of the molecule is CCCN(C(=O)CCn1c(C)csc1=O)C1CCNC1. The number of aryl methyl sites for hydroxylation is 1. The van der Waals surface area contributed by atoms with E-state index in [2.05, 4.69) is 12.2 Å². The van der Waals surface area contributed by atoms with Crippen LogP contribution in [-0.4, -0.2) is 41.1 Å². The molecular weight excluding hydrogens is 274 g/mol. The van der Waals surface area contributed by atoms with Crippen molar-refractivity contribution in [1.82, 2.24) is 14.8 Å². The van der Waals surface area contributed by atoms with Crippen LogP contribution < -0.4 is 10.2 Å². The molecule has 0 spiro atoms. The first-order valence-electron chi connectivity index (χ1n) is 7.28. The molecule has 6 heteroatoms. The van der Waals surface area contributed by atoms with E-state index < -0.39 is 0 Å². The van der Waals surface area contributed by atoms with E-state index in [9.17, 15) is 9.59 Å². The predicted molar refractivity (Wildman–Crippen MR) is 81.2 cm³/mol. The Bertz CT molecular complexity index is 503. The maximum absolute atomic E-state index is 12.4. The van der Waals surface area contributed by atoms with Crippen LogP contribution in [0.1, 0.15) is 31.9 Å². The van der Waals surface area contributed by atoms with Gasteiger partial charge in [-0.25, -0.2) is 0 Å². The molecule has 0 radical (unpaired) electrons. The number of thiazole rings is 1. The summed E-state index contributed by atoms with van der Waals surface area (Å²) < 4.78 is 1.69. The van der Waals surface area contributed by atoms with Crippen molar-refractivity contribution in [2.24, 2.45) is 0 Å². The molecule has 1 aromatic rings. The van der Waals surface area contributed by atoms with Crippen LogP contribution in [-0.2, 0) is 11.3 Å². The smallest absolute Gasteiger partial charge is 0.307 e. The van der Waals surface area contributed by atoms with Gasteiger partial charge in [0.2, 0.25) is 5.91 Å². The van der Waals surface area contributed by atoms with Crippen molar-refractivity contribution in [3.63, 3.8) is 0 Å². The highest BCUT2D eigenvalue weighted by atomic mass is 32.1. The predicted octanol–water partition coefficient (Wildman–Crippen LogP) is 1.21. The molecule has 2 heterocycles. The molecular formula is C14H23N3O2S. The Morgan fingerprint density at radius 1 is 1.60 bits per heavy atom. The fourth-order valence-corrected chi connectivity index (χ4v) is 3.44. The number of nitrogens with zero attached hydrogens (tertiary/aromatic N) is 2. The van der Waals surface area contributed by atoms with Crippen molar-refractivity contribution in [3.05, 3.63) is 20.7 Å². The number of aromatic nitrogens is 1. The Labute approximate surface area is 123 Å². The van der Waals surface area contributed by atoms with E-state index in [1.165, 1.54) is 11.3 Å². The average molecular weight is 297 g/mol. The van der Waals surface area contributed by atoms with Crippen LogP contribution >= 0.6 is 11.3 Å². The third kappa shape index (κ3) is 3.49. The van der Waals surface area contributed by atoms with Gasteiger partial charge >= 0.3 is 4.87 Å². The lowest BCUT2D eigenvalue weighted by atomic mass is 10.2. The zero-order chi connectivity index (χ0) is 14.5. The molecule has 0 aliphatic carbocycles. The van der Waals surface area contributed by atoms with Gasteiger partial charge in [0.1, 0.15) is 0 Å². The van der Waals surface area contributed by atoms with E-state index in [4.69, 9.17) is 0 Å². The Balaban J connectivity index is 1.96. The number of hydrogen-bond acceptors (Lipinski definition) is 4. The molecule has 5 nitrogen and oxygen atoms in total. The normalized spacial score (nSPS) is 18.4. The average Bonchev–Trinajstić information content (AvgIpc) is 3.05. The van der Waals surface area contributed by atoms with E-state index in [1.807, 2.05) is 17.2 Å². The first-order chi connectivity index (χ1) is 9.63. The molecule has 1 atom stereocenters. The molecule has 1 fully saturated rings. The lowest BCUT2D eigenvalue weighted by Gasteiger charge is -2.28. The van der Waals surface area contributed by atoms with Crippen LogP contribution in [0.5, 0.6) is 0 Å². The third-order valence-corrected chi connectivity index (χ3v) is 4.67. The number of carbonyl (C=O) groups excluding carboxylic acids is 1. The molecule has 112 valence electrons. The second kappa shape index (κ2) is 7.04. The lowest BCUT2D eigenvalue weighted by molar-refractivity contribution is -0.133. The Hall–Kier alpha value is -1.14. The van der Waals surface area contributed by atoms with Crippen molar-refractivity contribution < 1.29 is 4.79 Å². The molecule has 1 aromatic heterocycles. The molecule has 1 saturated heterocycles. The van der Waals surface area contributed by atoms with Crippen molar-refractivity contribution in [2.45, 2.75) is 45.7 Å². The Morgan fingerprint density at radius 2 is 2.40 bits per heavy atom. The van der Waals surface area contributed by atoms with Gasteiger partial charge in [0.15, 0.2) is 0 Å². The fourth-order valence-electron chi connectivity index (χ4n) is 2.68. The number of amides is 1. The maximum atomic E-state index is 12.4. The molecule has 1 aliphatic heterocycles. The van der Waals surface area contributed by atoms with Gasteiger partial charge in [-0.2, -0.15) is 0 Å². The standard InChI is InChI=1S/C14H23N3O2S/c1-3-7-17(12-4-6-15-9-12)13(18)5-8-16-11(2)10-20-14(16)19/h10,12,15H,3-9H2,1-2H3. The third-order valence-electron chi connectivity index (χ3n) is 3.79. The monoisotopic (exact) mass is 297 g/mol. The van der Waals surface area contributed by atoms with Gasteiger partial charge in [-0.15, -0.1) is 0 Å². The van der Waals surface area contributed by atoms with Gasteiger partial charge in [0.25, 0.3) is 0 Å². The van der Waals surface area contributed by atoms with E-state index in [1.54, 1.807) is 4.57 Å². The number of carbonyl (C=O) groups is 1. The highest BCUT2D eigenvalue weighted by molar-refractivity contribution is 7.07. The first-order valence-corrected chi connectivity index (χ1v) is 8.16. The second-order valence-corrected chi connectivity index (χ2v) is 6.10. The second-order valence-electron chi connectivity index (χ2n) is 5.28. The van der Waals surface area contributed by atoms with E-state index >= 15 is 0 Å². The van der Waals surface area contributed by atoms with Crippen LogP contribution in [0.4, 0.5) is 0 Å². The molecule has 2 rings (SSSR count). The van der Waals surface area contributed by atoms with Crippen molar-refractivity contribution in [1.29, 1.82) is 0 Å². The highest BCUT2D eigenvalue weighted by Crippen LogP contribution is 2.12. The molecule has 1 aliphatic rings. The number of rotatable bonds is 6. The lowest BCUT2D eigenvalue weighted by Crippen LogP contribution is -2.42. The molecule has 1 N–H and O–H groups in total. The van der Waals surface area contributed by atoms with Crippen LogP contribution in [0.2, 0.25) is 0 Å². The van der Waals surface area contributed by atoms with Gasteiger partial charge < -0.3 is 14.8 Å². The summed E-state index contributed by atoms with van der Waals surface area (Å²) in [4.78, 5) is 26.1. The topological polar surface area (TPSA) is 54.3 Å². The molecule has 0 aromatic carbocycles. The van der Waals surface area contributed by atoms with Crippen LogP contribution in [0.15, 0.2) is 10.2 Å². The minimum Gasteiger partial charge on any atom is -0.338 e. The summed E-state index contributed by atoms with van der Waals surface area (Å²) in [5.41, 5.74) is 0.942. The van der Waals surface area contributed by atoms with Crippen LogP contribution in [0.25, 0.3) is 0 Å². The molecule has 0 saturated carbocycles. The van der Waals surface area contributed by atoms with Gasteiger partial charge in [-0.1, -0.05) is 18.3 Å². The number of hydrogen-bond donors (Lipinski definition) is 1. The van der Waals surface area contributed by atoms with E-state index in [0.29, 0.717) is 19.0 Å². The summed E-state index contributed by atoms with van der Waals surface area (Å²) in [5, 5.41) is 5.15. The van der Waals surface area contributed by atoms with Crippen LogP contribution in [0, 0.1) is 6.92 Å². The number of nitrogens with one attached hydrogen (secondary N) is 1. The molecule has 1 amide bonds. The summed E-state index contributed by atoms with van der Waals surface area (Å²) >= 11 is 1.20. The summed E-state index contributed by atoms with van der Waals surface area (Å²) in [7, 11) is 0. The minimum absolute atomic E-state index is 0.0277. The summed E-state index contributed by atoms with van der Waals surface area (Å²) in [6.07, 6.45) is 2.41. The Kier molecular flexibility index (Phi) is 5.37. The van der Waals surface area contributed by atoms with Gasteiger partial charge in [-0.3, -0.25) is 9.59 Å². The first kappa shape index (κ1) is 15.3. The molecule has 1 unspecified atom stereocenters. The van der Waals surface area contributed by atoms with Gasteiger partial charge in [0.05, 0.1) is 0 Å². The largest absolute Gasteiger partial charge is 0.338 e. The van der Waals surface area contributed by atoms with E-state index in [0.717, 1.165) is 38.2 Å². The summed E-state index contributed by atoms with van der Waals surface area (Å²) in [5.74, 6) is 0.165.